The van der Waals surface area contributed by atoms with Crippen molar-refractivity contribution in [2.75, 3.05) is 6.61 Å². The zero-order valence-corrected chi connectivity index (χ0v) is 27.6. The molecule has 2 saturated carbocycles. The number of fused-ring (bicyclic) bond motifs is 5. The number of carbonyl (C=O) groups excluding carboxylic acids is 3. The van der Waals surface area contributed by atoms with Gasteiger partial charge >= 0.3 is 11.9 Å². The van der Waals surface area contributed by atoms with Crippen LogP contribution in [0.15, 0.2) is 23.3 Å². The van der Waals surface area contributed by atoms with Crippen LogP contribution < -0.4 is 0 Å². The predicted octanol–water partition coefficient (Wildman–Crippen LogP) is 5.75. The quantitative estimate of drug-likeness (QED) is 0.120. The van der Waals surface area contributed by atoms with Crippen LogP contribution in [0.2, 0.25) is 0 Å². The van der Waals surface area contributed by atoms with Gasteiger partial charge in [0.15, 0.2) is 11.4 Å². The Hall–Kier alpha value is -2.03. The number of aliphatic hydroxyl groups is 3. The Bertz CT molecular complexity index is 1310. The Morgan fingerprint density at radius 2 is 1.57 bits per heavy atom. The summed E-state index contributed by atoms with van der Waals surface area (Å²) < 4.78 is 41.5. The maximum absolute atomic E-state index is 13.5. The molecular formula is C36H56O8. The second kappa shape index (κ2) is 13.4. The summed E-state index contributed by atoms with van der Waals surface area (Å²) in [6.07, 6.45) is 11.5. The molecule has 4 aliphatic carbocycles. The molecule has 2 fully saturated rings. The van der Waals surface area contributed by atoms with Gasteiger partial charge in [-0.05, 0) is 24.5 Å². The lowest BCUT2D eigenvalue weighted by molar-refractivity contribution is -0.228. The van der Waals surface area contributed by atoms with Crippen LogP contribution >= 0.6 is 0 Å². The fourth-order valence-electron chi connectivity index (χ4n) is 8.18. The fourth-order valence-corrected chi connectivity index (χ4v) is 8.18. The van der Waals surface area contributed by atoms with Crippen LogP contribution in [0.3, 0.4) is 0 Å². The summed E-state index contributed by atoms with van der Waals surface area (Å²) in [6, 6.07) is 0. The molecule has 0 aliphatic heterocycles. The van der Waals surface area contributed by atoms with Crippen molar-refractivity contribution in [1.82, 2.24) is 0 Å². The molecule has 4 aliphatic rings. The number of hydrogen-bond acceptors (Lipinski definition) is 8. The highest BCUT2D eigenvalue weighted by atomic mass is 16.6. The van der Waals surface area contributed by atoms with Crippen LogP contribution in [-0.4, -0.2) is 62.5 Å². The van der Waals surface area contributed by atoms with E-state index in [4.69, 9.17) is 9.47 Å². The lowest BCUT2D eigenvalue weighted by Crippen LogP contribution is -2.66. The topological polar surface area (TPSA) is 130 Å². The monoisotopic (exact) mass is 622 g/mol. The molecule has 0 aromatic heterocycles. The molecule has 3 N–H and O–H groups in total. The highest BCUT2D eigenvalue weighted by Crippen LogP contribution is 2.77. The predicted molar refractivity (Wildman–Crippen MR) is 167 cm³/mol. The number of aliphatic hydroxyl groups excluding tert-OH is 1. The smallest absolute Gasteiger partial charge is 0.306 e. The zero-order chi connectivity index (χ0) is 35.3. The van der Waals surface area contributed by atoms with Gasteiger partial charge in [-0.3, -0.25) is 14.4 Å². The number of ether oxygens (including phenoxy) is 2. The third-order valence-electron chi connectivity index (χ3n) is 10.6. The number of rotatable bonds is 15. The zero-order valence-electron chi connectivity index (χ0n) is 30.6. The van der Waals surface area contributed by atoms with Crippen molar-refractivity contribution in [2.24, 2.45) is 29.0 Å². The highest BCUT2D eigenvalue weighted by Gasteiger charge is 2.87. The largest absolute Gasteiger partial charge is 0.458 e. The Morgan fingerprint density at radius 3 is 2.11 bits per heavy atom. The van der Waals surface area contributed by atoms with Crippen molar-refractivity contribution in [1.29, 1.82) is 0 Å². The molecule has 0 aromatic carbocycles. The van der Waals surface area contributed by atoms with Crippen molar-refractivity contribution >= 4 is 17.7 Å². The van der Waals surface area contributed by atoms with Crippen molar-refractivity contribution < 1.29 is 43.3 Å². The van der Waals surface area contributed by atoms with E-state index in [1.54, 1.807) is 0 Å². The van der Waals surface area contributed by atoms with Gasteiger partial charge in [-0.1, -0.05) is 104 Å². The SMILES string of the molecule is [3H][C@@]12C=C(CO)C[C@]3(O)C(=O)C(C)=C[C@H]3[C@@]1(O)[C@H](C)[C@@]([3H])(OC(=O)CCCCCCCCCCCCC)[C@@]1(OC(C)=O)C(C)(C)[C@@]21[3H]. The number of unbranched alkanes of at least 4 members (excludes halogenated alkanes) is 10. The van der Waals surface area contributed by atoms with Crippen LogP contribution in [0.1, 0.15) is 129 Å². The van der Waals surface area contributed by atoms with Gasteiger partial charge in [-0.15, -0.1) is 0 Å². The van der Waals surface area contributed by atoms with Crippen molar-refractivity contribution in [3.63, 3.8) is 0 Å². The summed E-state index contributed by atoms with van der Waals surface area (Å²) >= 11 is 0. The summed E-state index contributed by atoms with van der Waals surface area (Å²) in [5.41, 5.74) is -8.38. The van der Waals surface area contributed by atoms with E-state index >= 15 is 0 Å². The van der Waals surface area contributed by atoms with Gasteiger partial charge in [-0.2, -0.15) is 0 Å². The molecule has 0 spiro atoms. The van der Waals surface area contributed by atoms with E-state index in [9.17, 15) is 33.8 Å². The van der Waals surface area contributed by atoms with Gasteiger partial charge in [0, 0.05) is 51.5 Å². The lowest BCUT2D eigenvalue weighted by Gasteiger charge is -2.53. The van der Waals surface area contributed by atoms with E-state index in [0.717, 1.165) is 32.6 Å². The summed E-state index contributed by atoms with van der Waals surface area (Å²) in [5, 5.41) is 35.1. The second-order valence-corrected chi connectivity index (χ2v) is 14.1. The first-order valence-electron chi connectivity index (χ1n) is 18.2. The average Bonchev–Trinajstić information content (AvgIpc) is 3.32. The van der Waals surface area contributed by atoms with Crippen LogP contribution in [0.5, 0.6) is 0 Å². The molecule has 0 bridgehead atoms. The van der Waals surface area contributed by atoms with E-state index in [1.807, 2.05) is 0 Å². The minimum atomic E-state index is -2.58. The summed E-state index contributed by atoms with van der Waals surface area (Å²) in [4.78, 5) is 39.6. The molecule has 0 amide bonds. The van der Waals surface area contributed by atoms with E-state index in [2.05, 4.69) is 6.92 Å². The van der Waals surface area contributed by atoms with E-state index in [1.165, 1.54) is 78.4 Å². The minimum Gasteiger partial charge on any atom is -0.458 e. The fraction of sp³-hybridized carbons (Fsp3) is 0.806. The summed E-state index contributed by atoms with van der Waals surface area (Å²) in [7, 11) is 0. The number of esters is 2. The van der Waals surface area contributed by atoms with Crippen LogP contribution in [0.25, 0.3) is 0 Å². The van der Waals surface area contributed by atoms with Crippen molar-refractivity contribution in [2.45, 2.75) is 148 Å². The van der Waals surface area contributed by atoms with Crippen LogP contribution in [-0.2, 0) is 23.9 Å². The Morgan fingerprint density at radius 1 is 1.00 bits per heavy atom. The molecule has 0 aromatic rings. The first kappa shape index (κ1) is 30.6. The van der Waals surface area contributed by atoms with Gasteiger partial charge in [0.25, 0.3) is 0 Å². The lowest BCUT2D eigenvalue weighted by atomic mass is 9.59. The maximum atomic E-state index is 13.5. The van der Waals surface area contributed by atoms with Gasteiger partial charge in [0.1, 0.15) is 11.7 Å². The number of carbonyl (C=O) groups is 3. The van der Waals surface area contributed by atoms with E-state index in [0.29, 0.717) is 6.42 Å². The highest BCUT2D eigenvalue weighted by molar-refractivity contribution is 6.04. The van der Waals surface area contributed by atoms with Gasteiger partial charge < -0.3 is 24.8 Å². The Labute approximate surface area is 267 Å². The van der Waals surface area contributed by atoms with Gasteiger partial charge in [0.2, 0.25) is 0 Å². The minimum absolute atomic E-state index is 0.0319. The van der Waals surface area contributed by atoms with Crippen LogP contribution in [0, 0.1) is 29.0 Å². The molecule has 44 heavy (non-hydrogen) atoms. The number of hydrogen-bond donors (Lipinski definition) is 3. The Kier molecular flexibility index (Phi) is 9.30. The molecule has 8 nitrogen and oxygen atoms in total. The molecule has 248 valence electrons. The number of Topliss-reactive ketones (excluding diaryl/α,β-unsaturated/α-hetero) is 1. The standard InChI is InChI=1S/C36H56O8/c1-7-8-9-10-11-12-13-14-15-16-17-18-29(39)43-32-24(3)35(42)27(30-33(5,6)36(30,32)44-25(4)38)20-26(22-37)21-34(41)28(35)19-23(2)31(34)40/h19-20,24,27-28,30,32,37,41-42H,7-18,21-22H2,1-6H3/t24-,27+,28-,30-,32-,34-,35-,36-/m1/s1/i27T,30T,32T. The van der Waals surface area contributed by atoms with Gasteiger partial charge in [-0.25, -0.2) is 0 Å². The molecule has 8 heteroatoms. The maximum Gasteiger partial charge on any atom is 0.306 e. The molecule has 8 atom stereocenters. The first-order chi connectivity index (χ1) is 21.8. The molecule has 0 radical (unpaired) electrons. The third-order valence-corrected chi connectivity index (χ3v) is 10.6. The molecule has 0 saturated heterocycles. The number of ketones is 1. The molecule has 4 rings (SSSR count). The third kappa shape index (κ3) is 5.84. The molecule has 0 unspecified atom stereocenters. The van der Waals surface area contributed by atoms with Crippen molar-refractivity contribution in [3.05, 3.63) is 23.3 Å². The first-order valence-corrected chi connectivity index (χ1v) is 16.7. The summed E-state index contributed by atoms with van der Waals surface area (Å²) in [5.74, 6) is -10.1. The second-order valence-electron chi connectivity index (χ2n) is 14.1. The Balaban J connectivity index is 1.64. The van der Waals surface area contributed by atoms with Crippen LogP contribution in [0.4, 0.5) is 0 Å². The molecular weight excluding hydrogens is 560 g/mol. The molecule has 0 heterocycles. The van der Waals surface area contributed by atoms with Crippen molar-refractivity contribution in [3.8, 4) is 0 Å². The summed E-state index contributed by atoms with van der Waals surface area (Å²) in [6.45, 7) is 8.57. The van der Waals surface area contributed by atoms with Gasteiger partial charge in [0.05, 0.1) is 13.6 Å². The normalized spacial score (nSPS) is 42.8. The van der Waals surface area contributed by atoms with E-state index in [-0.39, 0.29) is 17.6 Å². The average molecular weight is 623 g/mol. The van der Waals surface area contributed by atoms with E-state index < -0.39 is 82.7 Å².